The highest BCUT2D eigenvalue weighted by Gasteiger charge is 2.17. The molecule has 116 valence electrons. The monoisotopic (exact) mass is 326 g/mol. The second-order valence-electron chi connectivity index (χ2n) is 5.20. The smallest absolute Gasteiger partial charge is 0.0847 e. The van der Waals surface area contributed by atoms with Gasteiger partial charge < -0.3 is 0 Å². The van der Waals surface area contributed by atoms with Gasteiger partial charge >= 0.3 is 0 Å². The van der Waals surface area contributed by atoms with Crippen LogP contribution < -0.4 is 11.3 Å². The zero-order chi connectivity index (χ0) is 15.2. The molecule has 2 aromatic heterocycles. The van der Waals surface area contributed by atoms with Crippen LogP contribution in [0.4, 0.5) is 0 Å². The Bertz CT molecular complexity index is 550. The number of hydrogen-bond donors (Lipinski definition) is 2. The van der Waals surface area contributed by atoms with Gasteiger partial charge in [-0.3, -0.25) is 16.0 Å². The molecule has 0 radical (unpaired) electrons. The normalized spacial score (nSPS) is 12.8. The lowest BCUT2D eigenvalue weighted by atomic mass is 10.0. The molecule has 0 aliphatic heterocycles. The number of aromatic nitrogens is 2. The summed E-state index contributed by atoms with van der Waals surface area (Å²) in [7, 11) is 0. The molecule has 2 rings (SSSR count). The van der Waals surface area contributed by atoms with Gasteiger partial charge in [0.25, 0.3) is 0 Å². The molecule has 2 aromatic rings. The molecule has 3 N–H and O–H groups in total. The number of thiophene rings is 1. The number of nitrogens with two attached hydrogens (primary N) is 1. The number of nitrogens with zero attached hydrogens (tertiary/aromatic N) is 2. The number of halogens is 1. The van der Waals surface area contributed by atoms with Gasteiger partial charge in [0.2, 0.25) is 0 Å². The Morgan fingerprint density at radius 3 is 2.95 bits per heavy atom. The molecular formula is C15H23ClN4S. The molecule has 0 aromatic carbocycles. The summed E-state index contributed by atoms with van der Waals surface area (Å²) >= 11 is 8.17. The van der Waals surface area contributed by atoms with E-state index in [-0.39, 0.29) is 6.04 Å². The van der Waals surface area contributed by atoms with Crippen molar-refractivity contribution in [2.75, 3.05) is 0 Å². The second kappa shape index (κ2) is 7.94. The largest absolute Gasteiger partial charge is 0.271 e. The van der Waals surface area contributed by atoms with E-state index in [9.17, 15) is 0 Å². The number of rotatable bonds is 8. The highest BCUT2D eigenvalue weighted by atomic mass is 35.5. The third-order valence-corrected chi connectivity index (χ3v) is 5.11. The zero-order valence-corrected chi connectivity index (χ0v) is 14.2. The summed E-state index contributed by atoms with van der Waals surface area (Å²) in [5.74, 6) is 5.71. The van der Waals surface area contributed by atoms with E-state index in [1.807, 2.05) is 22.9 Å². The average molecular weight is 327 g/mol. The van der Waals surface area contributed by atoms with Crippen molar-refractivity contribution in [3.8, 4) is 0 Å². The molecule has 0 saturated heterocycles. The summed E-state index contributed by atoms with van der Waals surface area (Å²) in [5.41, 5.74) is 4.89. The van der Waals surface area contributed by atoms with E-state index in [2.05, 4.69) is 35.0 Å². The predicted octanol–water partition coefficient (Wildman–Crippen LogP) is 3.32. The SMILES string of the molecule is CCn1nc(C)c(Cl)c1CC(CCCc1cccs1)NN. The maximum atomic E-state index is 6.36. The van der Waals surface area contributed by atoms with Crippen LogP contribution in [0.2, 0.25) is 5.02 Å². The van der Waals surface area contributed by atoms with Gasteiger partial charge in [0, 0.05) is 23.9 Å². The average Bonchev–Trinajstić information content (AvgIpc) is 3.09. The number of hydrogen-bond acceptors (Lipinski definition) is 4. The third kappa shape index (κ3) is 4.30. The Hall–Kier alpha value is -0.880. The lowest BCUT2D eigenvalue weighted by Gasteiger charge is -2.16. The highest BCUT2D eigenvalue weighted by Crippen LogP contribution is 2.23. The van der Waals surface area contributed by atoms with E-state index < -0.39 is 0 Å². The highest BCUT2D eigenvalue weighted by molar-refractivity contribution is 7.09. The first-order valence-corrected chi connectivity index (χ1v) is 8.61. The van der Waals surface area contributed by atoms with Crippen molar-refractivity contribution in [1.82, 2.24) is 15.2 Å². The predicted molar refractivity (Wildman–Crippen MR) is 89.7 cm³/mol. The minimum Gasteiger partial charge on any atom is -0.271 e. The van der Waals surface area contributed by atoms with Crippen LogP contribution in [0.3, 0.4) is 0 Å². The van der Waals surface area contributed by atoms with Crippen LogP contribution in [-0.2, 0) is 19.4 Å². The lowest BCUT2D eigenvalue weighted by molar-refractivity contribution is 0.460. The van der Waals surface area contributed by atoms with Gasteiger partial charge in [-0.15, -0.1) is 11.3 Å². The van der Waals surface area contributed by atoms with Crippen molar-refractivity contribution in [3.05, 3.63) is 38.8 Å². The summed E-state index contributed by atoms with van der Waals surface area (Å²) in [4.78, 5) is 1.43. The van der Waals surface area contributed by atoms with Crippen molar-refractivity contribution in [2.45, 2.75) is 52.1 Å². The molecule has 0 aliphatic rings. The maximum absolute atomic E-state index is 6.36. The van der Waals surface area contributed by atoms with Crippen molar-refractivity contribution in [3.63, 3.8) is 0 Å². The third-order valence-electron chi connectivity index (χ3n) is 3.68. The van der Waals surface area contributed by atoms with E-state index in [4.69, 9.17) is 17.4 Å². The van der Waals surface area contributed by atoms with Gasteiger partial charge in [0.15, 0.2) is 0 Å². The maximum Gasteiger partial charge on any atom is 0.0847 e. The number of aryl methyl sites for hydroxylation is 3. The molecule has 2 heterocycles. The van der Waals surface area contributed by atoms with E-state index >= 15 is 0 Å². The van der Waals surface area contributed by atoms with Crippen LogP contribution in [-0.4, -0.2) is 15.8 Å². The summed E-state index contributed by atoms with van der Waals surface area (Å²) in [6.07, 6.45) is 4.06. The fourth-order valence-corrected chi connectivity index (χ4v) is 3.48. The molecule has 0 saturated carbocycles. The van der Waals surface area contributed by atoms with Crippen LogP contribution in [0.15, 0.2) is 17.5 Å². The van der Waals surface area contributed by atoms with Gasteiger partial charge in [0.1, 0.15) is 0 Å². The minimum absolute atomic E-state index is 0.226. The molecule has 1 unspecified atom stereocenters. The standard InChI is InChI=1S/C15H23ClN4S/c1-3-20-14(15(16)11(2)19-20)10-12(18-17)6-4-7-13-8-5-9-21-13/h5,8-9,12,18H,3-4,6-7,10,17H2,1-2H3. The Labute approximate surface area is 135 Å². The van der Waals surface area contributed by atoms with E-state index in [1.54, 1.807) is 0 Å². The molecule has 0 aliphatic carbocycles. The van der Waals surface area contributed by atoms with Crippen LogP contribution in [0.5, 0.6) is 0 Å². The van der Waals surface area contributed by atoms with E-state index in [0.29, 0.717) is 0 Å². The number of hydrazine groups is 1. The van der Waals surface area contributed by atoms with Crippen LogP contribution in [0.25, 0.3) is 0 Å². The fraction of sp³-hybridized carbons (Fsp3) is 0.533. The molecule has 0 spiro atoms. The Morgan fingerprint density at radius 1 is 1.52 bits per heavy atom. The number of nitrogens with one attached hydrogen (secondary N) is 1. The first-order chi connectivity index (χ1) is 10.2. The zero-order valence-electron chi connectivity index (χ0n) is 12.6. The fourth-order valence-electron chi connectivity index (χ4n) is 2.52. The minimum atomic E-state index is 0.226. The van der Waals surface area contributed by atoms with Crippen LogP contribution in [0, 0.1) is 6.92 Å². The van der Waals surface area contributed by atoms with E-state index in [0.717, 1.165) is 48.6 Å². The molecule has 0 fully saturated rings. The van der Waals surface area contributed by atoms with Gasteiger partial charge in [-0.05, 0) is 44.6 Å². The Morgan fingerprint density at radius 2 is 2.33 bits per heavy atom. The first kappa shape index (κ1) is 16.5. The quantitative estimate of drug-likeness (QED) is 0.578. The Kier molecular flexibility index (Phi) is 6.23. The second-order valence-corrected chi connectivity index (χ2v) is 6.61. The van der Waals surface area contributed by atoms with E-state index in [1.165, 1.54) is 4.88 Å². The van der Waals surface area contributed by atoms with Crippen molar-refractivity contribution >= 4 is 22.9 Å². The molecule has 4 nitrogen and oxygen atoms in total. The van der Waals surface area contributed by atoms with Crippen molar-refractivity contribution < 1.29 is 0 Å². The first-order valence-electron chi connectivity index (χ1n) is 7.36. The molecular weight excluding hydrogens is 304 g/mol. The van der Waals surface area contributed by atoms with Gasteiger partial charge in [-0.1, -0.05) is 17.7 Å². The van der Waals surface area contributed by atoms with Gasteiger partial charge in [0.05, 0.1) is 16.4 Å². The Balaban J connectivity index is 1.92. The molecule has 1 atom stereocenters. The van der Waals surface area contributed by atoms with Gasteiger partial charge in [-0.2, -0.15) is 5.10 Å². The topological polar surface area (TPSA) is 55.9 Å². The van der Waals surface area contributed by atoms with Crippen molar-refractivity contribution in [1.29, 1.82) is 0 Å². The van der Waals surface area contributed by atoms with Crippen molar-refractivity contribution in [2.24, 2.45) is 5.84 Å². The molecule has 21 heavy (non-hydrogen) atoms. The lowest BCUT2D eigenvalue weighted by Crippen LogP contribution is -2.37. The summed E-state index contributed by atoms with van der Waals surface area (Å²) < 4.78 is 1.97. The summed E-state index contributed by atoms with van der Waals surface area (Å²) in [6, 6.07) is 4.51. The molecule has 0 bridgehead atoms. The van der Waals surface area contributed by atoms with Gasteiger partial charge in [-0.25, -0.2) is 0 Å². The summed E-state index contributed by atoms with van der Waals surface area (Å²) in [6.45, 7) is 4.85. The van der Waals surface area contributed by atoms with Crippen LogP contribution >= 0.6 is 22.9 Å². The van der Waals surface area contributed by atoms with Crippen LogP contribution in [0.1, 0.15) is 36.0 Å². The summed E-state index contributed by atoms with van der Waals surface area (Å²) in [5, 5.41) is 7.35. The molecule has 0 amide bonds. The molecule has 6 heteroatoms.